The minimum absolute atomic E-state index is 0.0221. The number of hydrogen-bond acceptors (Lipinski definition) is 4. The highest BCUT2D eigenvalue weighted by molar-refractivity contribution is 7.15. The van der Waals surface area contributed by atoms with Gasteiger partial charge in [-0.2, -0.15) is 0 Å². The Morgan fingerprint density at radius 3 is 2.63 bits per heavy atom. The first kappa shape index (κ1) is 19.0. The lowest BCUT2D eigenvalue weighted by molar-refractivity contribution is 0.102. The zero-order valence-corrected chi connectivity index (χ0v) is 16.1. The van der Waals surface area contributed by atoms with Crippen molar-refractivity contribution in [3.05, 3.63) is 80.5 Å². The first-order chi connectivity index (χ1) is 12.7. The summed E-state index contributed by atoms with van der Waals surface area (Å²) in [7, 11) is 0. The van der Waals surface area contributed by atoms with Gasteiger partial charge in [0.1, 0.15) is 11.4 Å². The molecule has 0 unspecified atom stereocenters. The van der Waals surface area contributed by atoms with Crippen molar-refractivity contribution < 1.29 is 9.18 Å². The smallest absolute Gasteiger partial charge is 0.263 e. The average molecular weight is 385 g/mol. The lowest BCUT2D eigenvalue weighted by Gasteiger charge is -2.18. The van der Waals surface area contributed by atoms with E-state index in [0.29, 0.717) is 17.1 Å². The minimum atomic E-state index is -0.525. The Bertz CT molecular complexity index is 1030. The Labute approximate surface area is 160 Å². The van der Waals surface area contributed by atoms with E-state index in [4.69, 9.17) is 0 Å². The number of anilines is 1. The summed E-state index contributed by atoms with van der Waals surface area (Å²) < 4.78 is 13.8. The lowest BCUT2D eigenvalue weighted by atomic mass is 9.91. The van der Waals surface area contributed by atoms with E-state index in [0.717, 1.165) is 10.6 Å². The molecule has 140 valence electrons. The quantitative estimate of drug-likeness (QED) is 0.710. The maximum atomic E-state index is 13.8. The van der Waals surface area contributed by atoms with Gasteiger partial charge in [-0.1, -0.05) is 39.0 Å². The van der Waals surface area contributed by atoms with Gasteiger partial charge in [0.15, 0.2) is 5.13 Å². The van der Waals surface area contributed by atoms with E-state index < -0.39 is 11.5 Å². The van der Waals surface area contributed by atoms with Gasteiger partial charge in [0, 0.05) is 28.6 Å². The Morgan fingerprint density at radius 1 is 1.22 bits per heavy atom. The molecule has 2 aromatic heterocycles. The van der Waals surface area contributed by atoms with Gasteiger partial charge in [0.05, 0.1) is 0 Å². The number of nitrogens with zero attached hydrogens (tertiary/aromatic N) is 1. The second-order valence-corrected chi connectivity index (χ2v) is 8.33. The zero-order chi connectivity index (χ0) is 19.6. The fourth-order valence-corrected chi connectivity index (χ4v) is 3.36. The number of carbonyl (C=O) groups is 1. The molecule has 2 N–H and O–H groups in total. The summed E-state index contributed by atoms with van der Waals surface area (Å²) in [4.78, 5) is 32.3. The number of amides is 1. The standard InChI is InChI=1S/C20H20FN3O2S/c1-20(2,3)16-9-8-14(17(25)23-16)18(26)24-19-22-11-13(27-19)10-12-6-4-5-7-15(12)21/h4-9,11H,10H2,1-3H3,(H,23,25)(H,22,24,26). The molecule has 0 bridgehead atoms. The highest BCUT2D eigenvalue weighted by atomic mass is 32.1. The van der Waals surface area contributed by atoms with Crippen molar-refractivity contribution in [2.75, 3.05) is 5.32 Å². The molecular formula is C20H20FN3O2S. The predicted octanol–water partition coefficient (Wildman–Crippen LogP) is 4.11. The van der Waals surface area contributed by atoms with E-state index in [1.165, 1.54) is 23.5 Å². The van der Waals surface area contributed by atoms with Gasteiger partial charge >= 0.3 is 0 Å². The molecular weight excluding hydrogens is 365 g/mol. The van der Waals surface area contributed by atoms with E-state index >= 15 is 0 Å². The fraction of sp³-hybridized carbons (Fsp3) is 0.250. The summed E-state index contributed by atoms with van der Waals surface area (Å²) in [6.45, 7) is 5.93. The number of aromatic amines is 1. The van der Waals surface area contributed by atoms with Crippen LogP contribution >= 0.6 is 11.3 Å². The van der Waals surface area contributed by atoms with Gasteiger partial charge in [0.2, 0.25) is 0 Å². The summed E-state index contributed by atoms with van der Waals surface area (Å²) in [5, 5.41) is 3.00. The molecule has 0 atom stereocenters. The molecule has 0 saturated carbocycles. The number of H-pyrrole nitrogens is 1. The summed E-state index contributed by atoms with van der Waals surface area (Å²) >= 11 is 1.25. The molecule has 1 amide bonds. The fourth-order valence-electron chi connectivity index (χ4n) is 2.53. The number of halogens is 1. The van der Waals surface area contributed by atoms with Crippen LogP contribution in [0.25, 0.3) is 0 Å². The largest absolute Gasteiger partial charge is 0.325 e. The molecule has 27 heavy (non-hydrogen) atoms. The Morgan fingerprint density at radius 2 is 1.96 bits per heavy atom. The Hall–Kier alpha value is -2.80. The van der Waals surface area contributed by atoms with Gasteiger partial charge in [-0.15, -0.1) is 11.3 Å². The van der Waals surface area contributed by atoms with Crippen molar-refractivity contribution in [2.24, 2.45) is 0 Å². The first-order valence-electron chi connectivity index (χ1n) is 8.47. The van der Waals surface area contributed by atoms with Crippen LogP contribution in [0.1, 0.15) is 47.3 Å². The maximum absolute atomic E-state index is 13.8. The molecule has 7 heteroatoms. The highest BCUT2D eigenvalue weighted by Crippen LogP contribution is 2.23. The molecule has 0 saturated heterocycles. The topological polar surface area (TPSA) is 74.8 Å². The van der Waals surface area contributed by atoms with Crippen LogP contribution in [0.4, 0.5) is 9.52 Å². The van der Waals surface area contributed by atoms with E-state index in [9.17, 15) is 14.0 Å². The molecule has 0 aliphatic rings. The van der Waals surface area contributed by atoms with Crippen molar-refractivity contribution >= 4 is 22.4 Å². The van der Waals surface area contributed by atoms with E-state index in [2.05, 4.69) is 15.3 Å². The molecule has 5 nitrogen and oxygen atoms in total. The Balaban J connectivity index is 1.73. The number of benzene rings is 1. The van der Waals surface area contributed by atoms with Crippen LogP contribution in [0.2, 0.25) is 0 Å². The number of aromatic nitrogens is 2. The number of hydrogen-bond donors (Lipinski definition) is 2. The lowest BCUT2D eigenvalue weighted by Crippen LogP contribution is -2.26. The molecule has 0 spiro atoms. The number of nitrogens with one attached hydrogen (secondary N) is 2. The number of rotatable bonds is 4. The molecule has 0 fully saturated rings. The third kappa shape index (κ3) is 4.49. The molecule has 0 aliphatic heterocycles. The summed E-state index contributed by atoms with van der Waals surface area (Å²) in [5.41, 5.74) is 0.682. The molecule has 0 radical (unpaired) electrons. The number of carbonyl (C=O) groups excluding carboxylic acids is 1. The van der Waals surface area contributed by atoms with Crippen LogP contribution in [-0.2, 0) is 11.8 Å². The third-order valence-electron chi connectivity index (χ3n) is 4.06. The molecule has 2 heterocycles. The summed E-state index contributed by atoms with van der Waals surface area (Å²) in [6.07, 6.45) is 1.99. The van der Waals surface area contributed by atoms with E-state index in [1.54, 1.807) is 30.5 Å². The maximum Gasteiger partial charge on any atom is 0.263 e. The highest BCUT2D eigenvalue weighted by Gasteiger charge is 2.18. The van der Waals surface area contributed by atoms with Crippen molar-refractivity contribution in [1.82, 2.24) is 9.97 Å². The van der Waals surface area contributed by atoms with Gasteiger partial charge in [-0.3, -0.25) is 14.9 Å². The Kier molecular flexibility index (Phi) is 5.23. The van der Waals surface area contributed by atoms with Crippen LogP contribution in [0, 0.1) is 5.82 Å². The van der Waals surface area contributed by atoms with Crippen LogP contribution in [-0.4, -0.2) is 15.9 Å². The third-order valence-corrected chi connectivity index (χ3v) is 4.97. The SMILES string of the molecule is CC(C)(C)c1ccc(C(=O)Nc2ncc(Cc3ccccc3F)s2)c(=O)[nH]1. The molecule has 3 aromatic rings. The second-order valence-electron chi connectivity index (χ2n) is 7.22. The van der Waals surface area contributed by atoms with Crippen LogP contribution in [0.3, 0.4) is 0 Å². The van der Waals surface area contributed by atoms with E-state index in [-0.39, 0.29) is 16.8 Å². The van der Waals surface area contributed by atoms with Gasteiger partial charge < -0.3 is 4.98 Å². The van der Waals surface area contributed by atoms with Gasteiger partial charge in [-0.05, 0) is 23.8 Å². The molecule has 3 rings (SSSR count). The van der Waals surface area contributed by atoms with Crippen molar-refractivity contribution in [3.63, 3.8) is 0 Å². The predicted molar refractivity (Wildman–Crippen MR) is 105 cm³/mol. The zero-order valence-electron chi connectivity index (χ0n) is 15.3. The average Bonchev–Trinajstić information content (AvgIpc) is 3.03. The first-order valence-corrected chi connectivity index (χ1v) is 9.29. The van der Waals surface area contributed by atoms with Gasteiger partial charge in [0.25, 0.3) is 11.5 Å². The van der Waals surface area contributed by atoms with Crippen LogP contribution in [0.15, 0.2) is 47.4 Å². The number of pyridine rings is 1. The normalized spacial score (nSPS) is 11.4. The summed E-state index contributed by atoms with van der Waals surface area (Å²) in [5.74, 6) is -0.801. The van der Waals surface area contributed by atoms with E-state index in [1.807, 2.05) is 20.8 Å². The van der Waals surface area contributed by atoms with Crippen molar-refractivity contribution in [1.29, 1.82) is 0 Å². The van der Waals surface area contributed by atoms with Gasteiger partial charge in [-0.25, -0.2) is 9.37 Å². The second kappa shape index (κ2) is 7.44. The molecule has 1 aromatic carbocycles. The molecule has 0 aliphatic carbocycles. The van der Waals surface area contributed by atoms with Crippen LogP contribution < -0.4 is 10.9 Å². The monoisotopic (exact) mass is 385 g/mol. The number of thiazole rings is 1. The van der Waals surface area contributed by atoms with Crippen LogP contribution in [0.5, 0.6) is 0 Å². The van der Waals surface area contributed by atoms with Crippen molar-refractivity contribution in [2.45, 2.75) is 32.6 Å². The summed E-state index contributed by atoms with van der Waals surface area (Å²) in [6, 6.07) is 9.79. The minimum Gasteiger partial charge on any atom is -0.325 e. The van der Waals surface area contributed by atoms with Crippen molar-refractivity contribution in [3.8, 4) is 0 Å².